The number of hydrogen-bond donors (Lipinski definition) is 2. The third-order valence-electron chi connectivity index (χ3n) is 3.79. The summed E-state index contributed by atoms with van der Waals surface area (Å²) in [4.78, 5) is 28.8. The molecule has 0 aliphatic carbocycles. The second-order valence-electron chi connectivity index (χ2n) is 5.59. The van der Waals surface area contributed by atoms with Crippen molar-refractivity contribution in [1.29, 1.82) is 5.26 Å². The zero-order chi connectivity index (χ0) is 18.5. The highest BCUT2D eigenvalue weighted by molar-refractivity contribution is 6.17. The van der Waals surface area contributed by atoms with Crippen molar-refractivity contribution in [3.8, 4) is 18.4 Å². The maximum absolute atomic E-state index is 12.3. The third kappa shape index (κ3) is 3.61. The molecule has 26 heavy (non-hydrogen) atoms. The highest BCUT2D eigenvalue weighted by atomic mass is 16.2. The Balaban J connectivity index is 1.99. The second-order valence-corrected chi connectivity index (χ2v) is 5.59. The van der Waals surface area contributed by atoms with Gasteiger partial charge in [0, 0.05) is 5.56 Å². The SMILES string of the molecule is C#CCNC(=O)c1ccc2c(c1)NC(=O)CC(c1cccc(C#N)c1)=N2. The van der Waals surface area contributed by atoms with E-state index in [1.165, 1.54) is 0 Å². The van der Waals surface area contributed by atoms with Crippen molar-refractivity contribution in [3.05, 3.63) is 59.2 Å². The van der Waals surface area contributed by atoms with Gasteiger partial charge in [0.2, 0.25) is 5.91 Å². The average molecular weight is 342 g/mol. The van der Waals surface area contributed by atoms with Crippen molar-refractivity contribution in [2.45, 2.75) is 6.42 Å². The smallest absolute Gasteiger partial charge is 0.252 e. The Kier molecular flexibility index (Phi) is 4.78. The molecule has 0 unspecified atom stereocenters. The van der Waals surface area contributed by atoms with Crippen molar-refractivity contribution in [2.75, 3.05) is 11.9 Å². The standard InChI is InChI=1S/C20H14N4O2/c1-2-8-22-20(26)15-6-7-16-18(10-15)24-19(25)11-17(23-16)14-5-3-4-13(9-14)12-21/h1,3-7,9-10H,8,11H2,(H,22,26)(H,24,25). The number of benzene rings is 2. The quantitative estimate of drug-likeness (QED) is 0.839. The van der Waals surface area contributed by atoms with Gasteiger partial charge in [-0.25, -0.2) is 0 Å². The van der Waals surface area contributed by atoms with Crippen LogP contribution in [0.5, 0.6) is 0 Å². The Bertz CT molecular complexity index is 1010. The molecule has 3 rings (SSSR count). The molecule has 0 aromatic heterocycles. The Morgan fingerprint density at radius 3 is 2.92 bits per heavy atom. The molecule has 126 valence electrons. The lowest BCUT2D eigenvalue weighted by Crippen LogP contribution is -2.23. The second kappa shape index (κ2) is 7.33. The summed E-state index contributed by atoms with van der Waals surface area (Å²) in [6.45, 7) is 0.125. The van der Waals surface area contributed by atoms with E-state index in [-0.39, 0.29) is 24.8 Å². The molecule has 0 radical (unpaired) electrons. The van der Waals surface area contributed by atoms with E-state index in [2.05, 4.69) is 27.6 Å². The molecule has 0 saturated carbocycles. The number of anilines is 1. The fourth-order valence-electron chi connectivity index (χ4n) is 2.57. The molecule has 0 atom stereocenters. The molecule has 0 fully saturated rings. The Labute approximate surface area is 150 Å². The van der Waals surface area contributed by atoms with Crippen molar-refractivity contribution in [1.82, 2.24) is 5.32 Å². The molecule has 0 spiro atoms. The van der Waals surface area contributed by atoms with Gasteiger partial charge in [0.15, 0.2) is 0 Å². The van der Waals surface area contributed by atoms with Crippen molar-refractivity contribution >= 4 is 28.9 Å². The molecule has 2 aromatic carbocycles. The minimum Gasteiger partial charge on any atom is -0.341 e. The van der Waals surface area contributed by atoms with Crippen molar-refractivity contribution in [3.63, 3.8) is 0 Å². The summed E-state index contributed by atoms with van der Waals surface area (Å²) in [6, 6.07) is 13.9. The number of carbonyl (C=O) groups excluding carboxylic acids is 2. The van der Waals surface area contributed by atoms with Crippen LogP contribution in [0.3, 0.4) is 0 Å². The summed E-state index contributed by atoms with van der Waals surface area (Å²) in [5, 5.41) is 14.4. The molecule has 1 aliphatic rings. The average Bonchev–Trinajstić information content (AvgIpc) is 2.83. The Morgan fingerprint density at radius 2 is 2.15 bits per heavy atom. The van der Waals surface area contributed by atoms with Crippen LogP contribution >= 0.6 is 0 Å². The number of rotatable bonds is 3. The molecule has 1 heterocycles. The van der Waals surface area contributed by atoms with E-state index >= 15 is 0 Å². The number of nitrogens with zero attached hydrogens (tertiary/aromatic N) is 2. The fraction of sp³-hybridized carbons (Fsp3) is 0.100. The Morgan fingerprint density at radius 1 is 1.31 bits per heavy atom. The Hall–Kier alpha value is -3.90. The van der Waals surface area contributed by atoms with Crippen LogP contribution in [-0.2, 0) is 4.79 Å². The number of nitrogens with one attached hydrogen (secondary N) is 2. The van der Waals surface area contributed by atoms with Gasteiger partial charge in [-0.1, -0.05) is 18.1 Å². The molecule has 6 heteroatoms. The summed E-state index contributed by atoms with van der Waals surface area (Å²) in [5.74, 6) is 1.77. The van der Waals surface area contributed by atoms with Crippen LogP contribution in [0.4, 0.5) is 11.4 Å². The zero-order valence-corrected chi connectivity index (χ0v) is 13.7. The van der Waals surface area contributed by atoms with Crippen molar-refractivity contribution < 1.29 is 9.59 Å². The number of aliphatic imine (C=N–C) groups is 1. The van der Waals surface area contributed by atoms with Crippen molar-refractivity contribution in [2.24, 2.45) is 4.99 Å². The van der Waals surface area contributed by atoms with Crippen LogP contribution in [0.25, 0.3) is 0 Å². The summed E-state index contributed by atoms with van der Waals surface area (Å²) in [5.41, 5.74) is 3.14. The lowest BCUT2D eigenvalue weighted by molar-refractivity contribution is -0.115. The molecule has 6 nitrogen and oxygen atoms in total. The van der Waals surface area contributed by atoms with Crippen LogP contribution in [0.15, 0.2) is 47.5 Å². The normalized spacial score (nSPS) is 12.5. The molecule has 0 bridgehead atoms. The van der Waals surface area contributed by atoms with Gasteiger partial charge in [-0.15, -0.1) is 6.42 Å². The number of nitriles is 1. The molecule has 0 saturated heterocycles. The van der Waals surface area contributed by atoms with Gasteiger partial charge in [-0.3, -0.25) is 14.6 Å². The number of amides is 2. The monoisotopic (exact) mass is 342 g/mol. The molecule has 2 aromatic rings. The minimum absolute atomic E-state index is 0.0716. The van der Waals surface area contributed by atoms with E-state index in [9.17, 15) is 9.59 Å². The first-order chi connectivity index (χ1) is 12.6. The largest absolute Gasteiger partial charge is 0.341 e. The number of hydrogen-bond acceptors (Lipinski definition) is 4. The van der Waals surface area contributed by atoms with Gasteiger partial charge < -0.3 is 10.6 Å². The van der Waals surface area contributed by atoms with E-state index in [0.717, 1.165) is 0 Å². The molecule has 2 amide bonds. The van der Waals surface area contributed by atoms with E-state index in [1.54, 1.807) is 42.5 Å². The predicted octanol–water partition coefficient (Wildman–Crippen LogP) is 2.38. The molecular weight excluding hydrogens is 328 g/mol. The number of terminal acetylenes is 1. The maximum atomic E-state index is 12.3. The summed E-state index contributed by atoms with van der Waals surface area (Å²) >= 11 is 0. The summed E-state index contributed by atoms with van der Waals surface area (Å²) < 4.78 is 0. The van der Waals surface area contributed by atoms with Gasteiger partial charge >= 0.3 is 0 Å². The van der Waals surface area contributed by atoms with Crippen LogP contribution in [0, 0.1) is 23.7 Å². The van der Waals surface area contributed by atoms with E-state index in [0.29, 0.717) is 33.8 Å². The first kappa shape index (κ1) is 16.9. The van der Waals surface area contributed by atoms with Gasteiger partial charge in [0.05, 0.1) is 41.7 Å². The predicted molar refractivity (Wildman–Crippen MR) is 98.2 cm³/mol. The lowest BCUT2D eigenvalue weighted by atomic mass is 10.0. The third-order valence-corrected chi connectivity index (χ3v) is 3.79. The minimum atomic E-state index is -0.324. The van der Waals surface area contributed by atoms with E-state index < -0.39 is 0 Å². The number of fused-ring (bicyclic) bond motifs is 1. The first-order valence-electron chi connectivity index (χ1n) is 7.84. The van der Waals surface area contributed by atoms with E-state index in [4.69, 9.17) is 11.7 Å². The summed E-state index contributed by atoms with van der Waals surface area (Å²) in [7, 11) is 0. The van der Waals surface area contributed by atoms with Gasteiger partial charge in [0.1, 0.15) is 0 Å². The zero-order valence-electron chi connectivity index (χ0n) is 13.7. The highest BCUT2D eigenvalue weighted by Gasteiger charge is 2.19. The number of carbonyl (C=O) groups is 2. The van der Waals surface area contributed by atoms with Gasteiger partial charge in [-0.2, -0.15) is 5.26 Å². The van der Waals surface area contributed by atoms with Crippen LogP contribution in [-0.4, -0.2) is 24.1 Å². The first-order valence-corrected chi connectivity index (χ1v) is 7.84. The topological polar surface area (TPSA) is 94.4 Å². The van der Waals surface area contributed by atoms with Crippen LogP contribution in [0.1, 0.15) is 27.9 Å². The fourth-order valence-corrected chi connectivity index (χ4v) is 2.57. The van der Waals surface area contributed by atoms with E-state index in [1.807, 2.05) is 0 Å². The van der Waals surface area contributed by atoms with Crippen LogP contribution in [0.2, 0.25) is 0 Å². The van der Waals surface area contributed by atoms with Gasteiger partial charge in [0.25, 0.3) is 5.91 Å². The lowest BCUT2D eigenvalue weighted by Gasteiger charge is -2.07. The summed E-state index contributed by atoms with van der Waals surface area (Å²) in [6.07, 6.45) is 5.21. The molecule has 1 aliphatic heterocycles. The van der Waals surface area contributed by atoms with Gasteiger partial charge in [-0.05, 0) is 35.9 Å². The molecule has 2 N–H and O–H groups in total. The maximum Gasteiger partial charge on any atom is 0.252 e. The highest BCUT2D eigenvalue weighted by Crippen LogP contribution is 2.30. The van der Waals surface area contributed by atoms with Crippen LogP contribution < -0.4 is 10.6 Å². The molecular formula is C20H14N4O2.